The van der Waals surface area contributed by atoms with Gasteiger partial charge in [-0.25, -0.2) is 14.8 Å². The minimum absolute atomic E-state index is 0.0219. The summed E-state index contributed by atoms with van der Waals surface area (Å²) >= 11 is 0. The number of amides is 2. The Hall–Kier alpha value is -5.02. The predicted octanol–water partition coefficient (Wildman–Crippen LogP) is 4.65. The van der Waals surface area contributed by atoms with E-state index in [2.05, 4.69) is 31.7 Å². The molecule has 2 aliphatic heterocycles. The van der Waals surface area contributed by atoms with Crippen LogP contribution >= 0.6 is 0 Å². The summed E-state index contributed by atoms with van der Waals surface area (Å²) in [5.74, 6) is 1.84. The highest BCUT2D eigenvalue weighted by Crippen LogP contribution is 2.42. The Bertz CT molecular complexity index is 1700. The zero-order valence-corrected chi connectivity index (χ0v) is 26.0. The largest absolute Gasteiger partial charge is 0.379 e. The van der Waals surface area contributed by atoms with E-state index in [0.717, 1.165) is 68.4 Å². The van der Waals surface area contributed by atoms with Crippen molar-refractivity contribution in [2.24, 2.45) is 7.05 Å². The molecule has 46 heavy (non-hydrogen) atoms. The van der Waals surface area contributed by atoms with Crippen molar-refractivity contribution in [1.82, 2.24) is 30.0 Å². The SMILES string of the molecule is Cn1cc(-c2ccc(N(C(=O)NCc3ccccc3)[C@H]3CC[C@H](Nc4ncc(C#N)c(N5CCC56CCOC6)n4)CC3)nc2)cn1. The Balaban J connectivity index is 1.05. The van der Waals surface area contributed by atoms with Crippen LogP contribution in [0.25, 0.3) is 11.1 Å². The molecule has 0 bridgehead atoms. The van der Waals surface area contributed by atoms with Crippen molar-refractivity contribution in [3.05, 3.63) is 78.4 Å². The number of hydrogen-bond donors (Lipinski definition) is 2. The van der Waals surface area contributed by atoms with Crippen molar-refractivity contribution in [1.29, 1.82) is 5.26 Å². The number of carbonyl (C=O) groups excluding carboxylic acids is 1. The van der Waals surface area contributed by atoms with E-state index in [1.807, 2.05) is 60.6 Å². The van der Waals surface area contributed by atoms with Crippen molar-refractivity contribution in [2.75, 3.05) is 34.9 Å². The van der Waals surface area contributed by atoms with E-state index >= 15 is 0 Å². The third kappa shape index (κ3) is 5.98. The van der Waals surface area contributed by atoms with Crippen molar-refractivity contribution in [3.63, 3.8) is 0 Å². The fraction of sp³-hybridized carbons (Fsp3) is 0.412. The van der Waals surface area contributed by atoms with Gasteiger partial charge in [-0.1, -0.05) is 30.3 Å². The second-order valence-electron chi connectivity index (χ2n) is 12.4. The molecule has 12 heteroatoms. The van der Waals surface area contributed by atoms with Crippen LogP contribution in [0.1, 0.15) is 49.7 Å². The number of benzene rings is 1. The molecule has 2 N–H and O–H groups in total. The molecule has 1 aromatic carbocycles. The maximum Gasteiger partial charge on any atom is 0.323 e. The highest BCUT2D eigenvalue weighted by molar-refractivity contribution is 5.91. The number of nitriles is 1. The van der Waals surface area contributed by atoms with E-state index < -0.39 is 0 Å². The Kier molecular flexibility index (Phi) is 8.24. The van der Waals surface area contributed by atoms with Crippen molar-refractivity contribution in [3.8, 4) is 17.2 Å². The van der Waals surface area contributed by atoms with Crippen LogP contribution in [0.15, 0.2) is 67.3 Å². The first-order chi connectivity index (χ1) is 22.5. The normalized spacial score (nSPS) is 22.2. The van der Waals surface area contributed by atoms with Crippen molar-refractivity contribution < 1.29 is 9.53 Å². The molecule has 2 saturated heterocycles. The number of pyridine rings is 1. The topological polar surface area (TPSA) is 137 Å². The standard InChI is InChI=1S/C34H38N10O2/c1-42-22-27(21-39-42)25-7-12-30(36-19-25)44(33(45)38-18-24-5-3-2-4-6-24)29-10-8-28(9-11-29)40-32-37-20-26(17-35)31(41-32)43-15-13-34(43)14-16-46-23-34/h2-7,12,19-22,28-29H,8-11,13-16,18,23H2,1H3,(H,38,45)(H,37,40,41)/t28-,29-,34?. The fourth-order valence-electron chi connectivity index (χ4n) is 6.85. The average molecular weight is 619 g/mol. The van der Waals surface area contributed by atoms with Gasteiger partial charge in [-0.2, -0.15) is 15.3 Å². The molecule has 1 saturated carbocycles. The second kappa shape index (κ2) is 12.8. The number of rotatable bonds is 8. The molecule has 3 aliphatic rings. The number of nitrogens with zero attached hydrogens (tertiary/aromatic N) is 8. The fourth-order valence-corrected chi connectivity index (χ4v) is 6.85. The summed E-state index contributed by atoms with van der Waals surface area (Å²) in [5.41, 5.74) is 3.39. The Morgan fingerprint density at radius 1 is 1.07 bits per heavy atom. The highest BCUT2D eigenvalue weighted by Gasteiger charge is 2.49. The van der Waals surface area contributed by atoms with E-state index in [4.69, 9.17) is 14.7 Å². The van der Waals surface area contributed by atoms with E-state index in [1.54, 1.807) is 23.3 Å². The van der Waals surface area contributed by atoms with E-state index in [1.165, 1.54) is 0 Å². The Labute approximate surface area is 268 Å². The van der Waals surface area contributed by atoms with Gasteiger partial charge in [-0.05, 0) is 56.2 Å². The molecule has 12 nitrogen and oxygen atoms in total. The first-order valence-corrected chi connectivity index (χ1v) is 16.0. The molecule has 1 atom stereocenters. The van der Waals surface area contributed by atoms with Crippen LogP contribution in [0.2, 0.25) is 0 Å². The molecular formula is C34H38N10O2. The highest BCUT2D eigenvalue weighted by atomic mass is 16.5. The van der Waals surface area contributed by atoms with Crippen LogP contribution in [0.5, 0.6) is 0 Å². The Morgan fingerprint density at radius 3 is 2.57 bits per heavy atom. The van der Waals surface area contributed by atoms with Gasteiger partial charge in [-0.15, -0.1) is 0 Å². The van der Waals surface area contributed by atoms with Gasteiger partial charge in [0.1, 0.15) is 17.5 Å². The van der Waals surface area contributed by atoms with Gasteiger partial charge in [0.2, 0.25) is 5.95 Å². The molecule has 0 radical (unpaired) electrons. The Morgan fingerprint density at radius 2 is 1.91 bits per heavy atom. The summed E-state index contributed by atoms with van der Waals surface area (Å²) in [7, 11) is 1.88. The number of nitrogens with one attached hydrogen (secondary N) is 2. The van der Waals surface area contributed by atoms with Gasteiger partial charge < -0.3 is 20.3 Å². The van der Waals surface area contributed by atoms with Crippen LogP contribution in [0.4, 0.5) is 22.4 Å². The number of aromatic nitrogens is 5. The zero-order chi connectivity index (χ0) is 31.5. The average Bonchev–Trinajstić information content (AvgIpc) is 3.77. The number of anilines is 3. The summed E-state index contributed by atoms with van der Waals surface area (Å²) in [6, 6.07) is 16.0. The van der Waals surface area contributed by atoms with Gasteiger partial charge in [0.15, 0.2) is 5.82 Å². The molecule has 7 rings (SSSR count). The lowest BCUT2D eigenvalue weighted by molar-refractivity contribution is 0.156. The van der Waals surface area contributed by atoms with E-state index in [0.29, 0.717) is 36.3 Å². The monoisotopic (exact) mass is 618 g/mol. The lowest BCUT2D eigenvalue weighted by Crippen LogP contribution is -2.61. The number of carbonyl (C=O) groups is 1. The van der Waals surface area contributed by atoms with Gasteiger partial charge in [0.05, 0.1) is 24.5 Å². The van der Waals surface area contributed by atoms with Gasteiger partial charge in [0, 0.05) is 62.3 Å². The molecule has 236 valence electrons. The van der Waals surface area contributed by atoms with E-state index in [-0.39, 0.29) is 23.7 Å². The third-order valence-corrected chi connectivity index (χ3v) is 9.53. The third-order valence-electron chi connectivity index (χ3n) is 9.53. The lowest BCUT2D eigenvalue weighted by Gasteiger charge is -2.50. The predicted molar refractivity (Wildman–Crippen MR) is 174 cm³/mol. The molecule has 2 amide bonds. The maximum atomic E-state index is 13.7. The van der Waals surface area contributed by atoms with Gasteiger partial charge in [0.25, 0.3) is 0 Å². The second-order valence-corrected chi connectivity index (χ2v) is 12.4. The number of hydrogen-bond acceptors (Lipinski definition) is 9. The lowest BCUT2D eigenvalue weighted by atomic mass is 9.83. The molecule has 3 aromatic heterocycles. The summed E-state index contributed by atoms with van der Waals surface area (Å²) in [4.78, 5) is 31.8. The van der Waals surface area contributed by atoms with Gasteiger partial charge in [-0.3, -0.25) is 9.58 Å². The zero-order valence-electron chi connectivity index (χ0n) is 26.0. The number of aryl methyl sites for hydroxylation is 1. The molecule has 5 heterocycles. The molecule has 1 unspecified atom stereocenters. The number of urea groups is 1. The molecular weight excluding hydrogens is 580 g/mol. The summed E-state index contributed by atoms with van der Waals surface area (Å²) in [5, 5.41) is 20.7. The van der Waals surface area contributed by atoms with Crippen molar-refractivity contribution >= 4 is 23.6 Å². The van der Waals surface area contributed by atoms with E-state index in [9.17, 15) is 10.1 Å². The first kappa shape index (κ1) is 29.7. The van der Waals surface area contributed by atoms with Gasteiger partial charge >= 0.3 is 6.03 Å². The summed E-state index contributed by atoms with van der Waals surface area (Å²) in [6.07, 6.45) is 12.4. The minimum Gasteiger partial charge on any atom is -0.379 e. The smallest absolute Gasteiger partial charge is 0.323 e. The maximum absolute atomic E-state index is 13.7. The molecule has 1 aliphatic carbocycles. The van der Waals surface area contributed by atoms with Crippen LogP contribution in [-0.2, 0) is 18.3 Å². The van der Waals surface area contributed by atoms with Crippen molar-refractivity contribution in [2.45, 2.75) is 62.7 Å². The minimum atomic E-state index is -0.165. The first-order valence-electron chi connectivity index (χ1n) is 16.0. The summed E-state index contributed by atoms with van der Waals surface area (Å²) < 4.78 is 7.46. The summed E-state index contributed by atoms with van der Waals surface area (Å²) in [6.45, 7) is 2.71. The van der Waals surface area contributed by atoms with Crippen LogP contribution < -0.4 is 20.4 Å². The quantitative estimate of drug-likeness (QED) is 0.289. The van der Waals surface area contributed by atoms with Crippen LogP contribution in [-0.4, -0.2) is 68.1 Å². The molecule has 3 fully saturated rings. The number of ether oxygens (including phenoxy) is 1. The van der Waals surface area contributed by atoms with Crippen LogP contribution in [0.3, 0.4) is 0 Å². The molecule has 4 aromatic rings. The van der Waals surface area contributed by atoms with Crippen LogP contribution in [0, 0.1) is 11.3 Å². The molecule has 1 spiro atoms.